The smallest absolute Gasteiger partial charge is 0.319 e. The quantitative estimate of drug-likeness (QED) is 0.752. The molecule has 19 heavy (non-hydrogen) atoms. The first-order valence-corrected chi connectivity index (χ1v) is 9.43. The standard InChI is InChI=1S/C10H16ClN3O3S2/c1-2-19(15,16)9-7-18-6-5-14(9)10-13-12-8(17-10)3-4-11/h9H,2-7H2,1H3. The third-order valence-corrected chi connectivity index (χ3v) is 6.39. The summed E-state index contributed by atoms with van der Waals surface area (Å²) >= 11 is 7.24. The highest BCUT2D eigenvalue weighted by Gasteiger charge is 2.35. The Bertz CT molecular complexity index is 520. The number of anilines is 1. The van der Waals surface area contributed by atoms with Gasteiger partial charge in [0.25, 0.3) is 0 Å². The molecule has 0 bridgehead atoms. The maximum atomic E-state index is 12.1. The average molecular weight is 326 g/mol. The van der Waals surface area contributed by atoms with Crippen molar-refractivity contribution in [2.45, 2.75) is 18.7 Å². The summed E-state index contributed by atoms with van der Waals surface area (Å²) in [7, 11) is -3.17. The minimum atomic E-state index is -3.17. The van der Waals surface area contributed by atoms with Crippen LogP contribution in [0.2, 0.25) is 0 Å². The molecule has 0 aliphatic carbocycles. The lowest BCUT2D eigenvalue weighted by atomic mass is 10.5. The molecule has 2 heterocycles. The maximum absolute atomic E-state index is 12.1. The topological polar surface area (TPSA) is 76.3 Å². The molecule has 0 amide bonds. The summed E-state index contributed by atoms with van der Waals surface area (Å²) in [5, 5.41) is 7.23. The highest BCUT2D eigenvalue weighted by molar-refractivity contribution is 8.01. The Morgan fingerprint density at radius 3 is 3.00 bits per heavy atom. The van der Waals surface area contributed by atoms with Crippen molar-refractivity contribution in [3.8, 4) is 0 Å². The van der Waals surface area contributed by atoms with E-state index in [0.717, 1.165) is 5.75 Å². The van der Waals surface area contributed by atoms with Crippen molar-refractivity contribution in [2.24, 2.45) is 0 Å². The van der Waals surface area contributed by atoms with Gasteiger partial charge in [0.15, 0.2) is 9.84 Å². The van der Waals surface area contributed by atoms with Crippen molar-refractivity contribution in [1.29, 1.82) is 0 Å². The molecular weight excluding hydrogens is 310 g/mol. The van der Waals surface area contributed by atoms with Gasteiger partial charge in [-0.15, -0.1) is 16.7 Å². The highest BCUT2D eigenvalue weighted by Crippen LogP contribution is 2.26. The molecular formula is C10H16ClN3O3S2. The summed E-state index contributed by atoms with van der Waals surface area (Å²) in [6.07, 6.45) is 0.488. The third kappa shape index (κ3) is 3.35. The van der Waals surface area contributed by atoms with E-state index < -0.39 is 15.2 Å². The molecule has 0 saturated carbocycles. The summed E-state index contributed by atoms with van der Waals surface area (Å²) in [6, 6.07) is 0.280. The predicted molar refractivity (Wildman–Crippen MR) is 76.6 cm³/mol. The van der Waals surface area contributed by atoms with Gasteiger partial charge in [-0.2, -0.15) is 11.8 Å². The molecule has 108 valence electrons. The van der Waals surface area contributed by atoms with Gasteiger partial charge in [0, 0.05) is 36.1 Å². The van der Waals surface area contributed by atoms with Crippen molar-refractivity contribution < 1.29 is 12.8 Å². The first kappa shape index (κ1) is 14.9. The zero-order valence-electron chi connectivity index (χ0n) is 10.6. The molecule has 1 aromatic heterocycles. The van der Waals surface area contributed by atoms with E-state index in [9.17, 15) is 8.42 Å². The number of sulfone groups is 1. The van der Waals surface area contributed by atoms with E-state index in [1.807, 2.05) is 0 Å². The second-order valence-electron chi connectivity index (χ2n) is 4.09. The molecule has 0 spiro atoms. The van der Waals surface area contributed by atoms with Crippen LogP contribution in [0, 0.1) is 0 Å². The van der Waals surface area contributed by atoms with Gasteiger partial charge in [-0.25, -0.2) is 8.42 Å². The molecule has 0 aromatic carbocycles. The molecule has 0 N–H and O–H groups in total. The molecule has 1 atom stereocenters. The number of thioether (sulfide) groups is 1. The fraction of sp³-hybridized carbons (Fsp3) is 0.800. The van der Waals surface area contributed by atoms with E-state index >= 15 is 0 Å². The Kier molecular flexibility index (Phi) is 4.97. The van der Waals surface area contributed by atoms with Gasteiger partial charge in [-0.3, -0.25) is 0 Å². The normalized spacial score (nSPS) is 20.7. The van der Waals surface area contributed by atoms with Crippen molar-refractivity contribution in [3.05, 3.63) is 5.89 Å². The van der Waals surface area contributed by atoms with Gasteiger partial charge in [-0.05, 0) is 0 Å². The fourth-order valence-corrected chi connectivity index (χ4v) is 4.95. The molecule has 1 aromatic rings. The number of nitrogens with zero attached hydrogens (tertiary/aromatic N) is 3. The summed E-state index contributed by atoms with van der Waals surface area (Å²) in [6.45, 7) is 2.25. The Labute approximate surface area is 121 Å². The van der Waals surface area contributed by atoms with Gasteiger partial charge in [0.1, 0.15) is 5.37 Å². The van der Waals surface area contributed by atoms with E-state index in [1.54, 1.807) is 23.6 Å². The predicted octanol–water partition coefficient (Wildman–Crippen LogP) is 1.16. The minimum Gasteiger partial charge on any atom is -0.408 e. The first-order valence-electron chi connectivity index (χ1n) is 6.02. The van der Waals surface area contributed by atoms with Gasteiger partial charge in [-0.1, -0.05) is 12.0 Å². The summed E-state index contributed by atoms with van der Waals surface area (Å²) in [4.78, 5) is 1.69. The van der Waals surface area contributed by atoms with Crippen LogP contribution in [-0.4, -0.2) is 53.7 Å². The second kappa shape index (κ2) is 6.32. The zero-order valence-corrected chi connectivity index (χ0v) is 13.0. The van der Waals surface area contributed by atoms with Crippen LogP contribution in [0.25, 0.3) is 0 Å². The SMILES string of the molecule is CCS(=O)(=O)C1CSCCN1c1nnc(CCCl)o1. The fourth-order valence-electron chi connectivity index (χ4n) is 1.83. The van der Waals surface area contributed by atoms with Gasteiger partial charge in [0.2, 0.25) is 5.89 Å². The number of halogens is 1. The Balaban J connectivity index is 2.23. The molecule has 2 rings (SSSR count). The third-order valence-electron chi connectivity index (χ3n) is 2.91. The van der Waals surface area contributed by atoms with Crippen molar-refractivity contribution >= 4 is 39.2 Å². The monoisotopic (exact) mass is 325 g/mol. The molecule has 1 saturated heterocycles. The van der Waals surface area contributed by atoms with Crippen LogP contribution < -0.4 is 4.90 Å². The average Bonchev–Trinajstić information content (AvgIpc) is 2.88. The Hall–Kier alpha value is -0.470. The lowest BCUT2D eigenvalue weighted by molar-refractivity contribution is 0.483. The van der Waals surface area contributed by atoms with Gasteiger partial charge >= 0.3 is 6.01 Å². The highest BCUT2D eigenvalue weighted by atomic mass is 35.5. The molecule has 1 aliphatic rings. The van der Waals surface area contributed by atoms with Crippen LogP contribution in [0.4, 0.5) is 6.01 Å². The number of aromatic nitrogens is 2. The van der Waals surface area contributed by atoms with Crippen LogP contribution in [0.1, 0.15) is 12.8 Å². The maximum Gasteiger partial charge on any atom is 0.319 e. The van der Waals surface area contributed by atoms with Crippen LogP contribution in [-0.2, 0) is 16.3 Å². The molecule has 1 aliphatic heterocycles. The Morgan fingerprint density at radius 1 is 1.53 bits per heavy atom. The van der Waals surface area contributed by atoms with E-state index in [0.29, 0.717) is 30.5 Å². The zero-order chi connectivity index (χ0) is 13.9. The number of hydrogen-bond donors (Lipinski definition) is 0. The van der Waals surface area contributed by atoms with Crippen LogP contribution in [0.5, 0.6) is 0 Å². The van der Waals surface area contributed by atoms with Crippen LogP contribution in [0.15, 0.2) is 4.42 Å². The van der Waals surface area contributed by atoms with Crippen molar-refractivity contribution in [1.82, 2.24) is 10.2 Å². The summed E-state index contributed by atoms with van der Waals surface area (Å²) in [5.41, 5.74) is 0. The lowest BCUT2D eigenvalue weighted by Crippen LogP contribution is -2.48. The molecule has 1 fully saturated rings. The van der Waals surface area contributed by atoms with E-state index in [4.69, 9.17) is 16.0 Å². The largest absolute Gasteiger partial charge is 0.408 e. The summed E-state index contributed by atoms with van der Waals surface area (Å²) < 4.78 is 29.7. The van der Waals surface area contributed by atoms with Gasteiger partial charge < -0.3 is 9.32 Å². The molecule has 6 nitrogen and oxygen atoms in total. The van der Waals surface area contributed by atoms with E-state index in [1.165, 1.54) is 0 Å². The number of rotatable bonds is 5. The van der Waals surface area contributed by atoms with Crippen LogP contribution >= 0.6 is 23.4 Å². The van der Waals surface area contributed by atoms with Gasteiger partial charge in [0.05, 0.1) is 0 Å². The van der Waals surface area contributed by atoms with E-state index in [-0.39, 0.29) is 11.8 Å². The minimum absolute atomic E-state index is 0.109. The number of alkyl halides is 1. The molecule has 0 radical (unpaired) electrons. The second-order valence-corrected chi connectivity index (χ2v) is 8.07. The number of hydrogen-bond acceptors (Lipinski definition) is 7. The first-order chi connectivity index (χ1) is 9.08. The Morgan fingerprint density at radius 2 is 2.32 bits per heavy atom. The summed E-state index contributed by atoms with van der Waals surface area (Å²) in [5.74, 6) is 2.33. The molecule has 1 unspecified atom stereocenters. The van der Waals surface area contributed by atoms with Crippen molar-refractivity contribution in [2.75, 3.05) is 34.6 Å². The van der Waals surface area contributed by atoms with E-state index in [2.05, 4.69) is 10.2 Å². The van der Waals surface area contributed by atoms with Crippen LogP contribution in [0.3, 0.4) is 0 Å². The van der Waals surface area contributed by atoms with Crippen molar-refractivity contribution in [3.63, 3.8) is 0 Å². The molecule has 9 heteroatoms. The number of aryl methyl sites for hydroxylation is 1. The lowest BCUT2D eigenvalue weighted by Gasteiger charge is -2.32.